The van der Waals surface area contributed by atoms with Gasteiger partial charge in [-0.1, -0.05) is 37.0 Å². The van der Waals surface area contributed by atoms with Gasteiger partial charge in [-0.3, -0.25) is 8.98 Å². The summed E-state index contributed by atoms with van der Waals surface area (Å²) in [6.07, 6.45) is 4.08. The SMILES string of the molecule is Cc1ccc(S(=O)(=O)OCCCCCCCC(=O)O)cc1. The summed E-state index contributed by atoms with van der Waals surface area (Å²) >= 11 is 0. The predicted molar refractivity (Wildman–Crippen MR) is 79.7 cm³/mol. The first-order valence-electron chi connectivity index (χ1n) is 7.10. The first-order valence-corrected chi connectivity index (χ1v) is 8.50. The Bertz CT molecular complexity index is 534. The van der Waals surface area contributed by atoms with Crippen molar-refractivity contribution in [2.24, 2.45) is 0 Å². The first kappa shape index (κ1) is 17.7. The summed E-state index contributed by atoms with van der Waals surface area (Å²) in [5, 5.41) is 8.48. The molecule has 0 aliphatic carbocycles. The third-order valence-corrected chi connectivity index (χ3v) is 4.41. The number of hydrogen-bond acceptors (Lipinski definition) is 4. The Morgan fingerprint density at radius 2 is 1.62 bits per heavy atom. The molecule has 0 unspecified atom stereocenters. The lowest BCUT2D eigenvalue weighted by atomic mass is 10.1. The molecular weight excluding hydrogens is 292 g/mol. The highest BCUT2D eigenvalue weighted by molar-refractivity contribution is 7.86. The molecule has 0 bridgehead atoms. The van der Waals surface area contributed by atoms with Crippen LogP contribution in [0.25, 0.3) is 0 Å². The first-order chi connectivity index (χ1) is 9.92. The number of aryl methyl sites for hydroxylation is 1. The van der Waals surface area contributed by atoms with Crippen LogP contribution in [0.1, 0.15) is 44.1 Å². The molecule has 118 valence electrons. The molecule has 0 radical (unpaired) electrons. The summed E-state index contributed by atoms with van der Waals surface area (Å²) < 4.78 is 28.7. The van der Waals surface area contributed by atoms with Crippen LogP contribution in [0.2, 0.25) is 0 Å². The number of carboxylic acids is 1. The lowest BCUT2D eigenvalue weighted by Gasteiger charge is -2.06. The fourth-order valence-electron chi connectivity index (χ4n) is 1.85. The minimum absolute atomic E-state index is 0.162. The smallest absolute Gasteiger partial charge is 0.303 e. The summed E-state index contributed by atoms with van der Waals surface area (Å²) in [4.78, 5) is 10.5. The molecule has 0 saturated carbocycles. The average Bonchev–Trinajstić information content (AvgIpc) is 2.42. The van der Waals surface area contributed by atoms with E-state index < -0.39 is 16.1 Å². The molecule has 0 amide bonds. The van der Waals surface area contributed by atoms with E-state index in [4.69, 9.17) is 9.29 Å². The minimum Gasteiger partial charge on any atom is -0.481 e. The van der Waals surface area contributed by atoms with Crippen LogP contribution in [0, 0.1) is 6.92 Å². The topological polar surface area (TPSA) is 80.7 Å². The van der Waals surface area contributed by atoms with Gasteiger partial charge in [0.25, 0.3) is 10.1 Å². The van der Waals surface area contributed by atoms with Crippen LogP contribution in [0.5, 0.6) is 0 Å². The molecular formula is C15H22O5S. The van der Waals surface area contributed by atoms with Crippen LogP contribution in [-0.2, 0) is 19.1 Å². The van der Waals surface area contributed by atoms with E-state index in [2.05, 4.69) is 0 Å². The lowest BCUT2D eigenvalue weighted by molar-refractivity contribution is -0.137. The van der Waals surface area contributed by atoms with Crippen molar-refractivity contribution in [2.75, 3.05) is 6.61 Å². The van der Waals surface area contributed by atoms with Gasteiger partial charge < -0.3 is 5.11 Å². The molecule has 0 aromatic heterocycles. The van der Waals surface area contributed by atoms with Gasteiger partial charge in [0.2, 0.25) is 0 Å². The molecule has 1 aromatic rings. The highest BCUT2D eigenvalue weighted by atomic mass is 32.2. The number of aliphatic carboxylic acids is 1. The van der Waals surface area contributed by atoms with Gasteiger partial charge in [0.1, 0.15) is 0 Å². The summed E-state index contributed by atoms with van der Waals surface area (Å²) in [7, 11) is -3.66. The van der Waals surface area contributed by atoms with Crippen molar-refractivity contribution in [3.05, 3.63) is 29.8 Å². The Kier molecular flexibility index (Phi) is 7.39. The molecule has 0 fully saturated rings. The van der Waals surface area contributed by atoms with Gasteiger partial charge in [0.05, 0.1) is 11.5 Å². The lowest BCUT2D eigenvalue weighted by Crippen LogP contribution is -2.07. The van der Waals surface area contributed by atoms with Crippen molar-refractivity contribution in [3.63, 3.8) is 0 Å². The number of rotatable bonds is 10. The highest BCUT2D eigenvalue weighted by Crippen LogP contribution is 2.14. The van der Waals surface area contributed by atoms with Crippen LogP contribution in [0.3, 0.4) is 0 Å². The quantitative estimate of drug-likeness (QED) is 0.530. The Balaban J connectivity index is 2.20. The Morgan fingerprint density at radius 3 is 2.24 bits per heavy atom. The monoisotopic (exact) mass is 314 g/mol. The molecule has 0 spiro atoms. The molecule has 21 heavy (non-hydrogen) atoms. The minimum atomic E-state index is -3.66. The third-order valence-electron chi connectivity index (χ3n) is 3.08. The van der Waals surface area contributed by atoms with Crippen molar-refractivity contribution < 1.29 is 22.5 Å². The van der Waals surface area contributed by atoms with Gasteiger partial charge in [-0.2, -0.15) is 8.42 Å². The zero-order valence-corrected chi connectivity index (χ0v) is 13.1. The number of carboxylic acid groups (broad SMARTS) is 1. The molecule has 0 aliphatic rings. The van der Waals surface area contributed by atoms with E-state index in [1.165, 1.54) is 12.1 Å². The fourth-order valence-corrected chi connectivity index (χ4v) is 2.79. The molecule has 1 rings (SSSR count). The Labute approximate surface area is 126 Å². The van der Waals surface area contributed by atoms with E-state index >= 15 is 0 Å². The van der Waals surface area contributed by atoms with Crippen molar-refractivity contribution in [1.82, 2.24) is 0 Å². The van der Waals surface area contributed by atoms with Gasteiger partial charge in [-0.25, -0.2) is 0 Å². The number of hydrogen-bond donors (Lipinski definition) is 1. The van der Waals surface area contributed by atoms with E-state index in [-0.39, 0.29) is 17.9 Å². The van der Waals surface area contributed by atoms with Gasteiger partial charge >= 0.3 is 5.97 Å². The summed E-state index contributed by atoms with van der Waals surface area (Å²) in [6, 6.07) is 6.55. The summed E-state index contributed by atoms with van der Waals surface area (Å²) in [6.45, 7) is 2.05. The number of benzene rings is 1. The Morgan fingerprint density at radius 1 is 1.05 bits per heavy atom. The van der Waals surface area contributed by atoms with E-state index in [1.54, 1.807) is 12.1 Å². The Hall–Kier alpha value is -1.40. The predicted octanol–water partition coefficient (Wildman–Crippen LogP) is 3.13. The molecule has 0 atom stereocenters. The highest BCUT2D eigenvalue weighted by Gasteiger charge is 2.14. The molecule has 0 saturated heterocycles. The molecule has 0 heterocycles. The maximum atomic E-state index is 11.9. The van der Waals surface area contributed by atoms with Gasteiger partial charge in [0.15, 0.2) is 0 Å². The van der Waals surface area contributed by atoms with E-state index in [1.807, 2.05) is 6.92 Å². The summed E-state index contributed by atoms with van der Waals surface area (Å²) in [5.74, 6) is -0.775. The van der Waals surface area contributed by atoms with Gasteiger partial charge in [-0.05, 0) is 31.9 Å². The molecule has 5 nitrogen and oxygen atoms in total. The van der Waals surface area contributed by atoms with Crippen LogP contribution >= 0.6 is 0 Å². The second kappa shape index (κ2) is 8.79. The van der Waals surface area contributed by atoms with E-state index in [0.29, 0.717) is 12.8 Å². The van der Waals surface area contributed by atoms with Crippen LogP contribution in [0.15, 0.2) is 29.2 Å². The number of unbranched alkanes of at least 4 members (excludes halogenated alkanes) is 4. The largest absolute Gasteiger partial charge is 0.481 e. The van der Waals surface area contributed by atoms with Crippen molar-refractivity contribution in [3.8, 4) is 0 Å². The average molecular weight is 314 g/mol. The standard InChI is InChI=1S/C15H22O5S/c1-13-8-10-14(11-9-13)21(18,19)20-12-6-4-2-3-5-7-15(16)17/h8-11H,2-7,12H2,1H3,(H,16,17). The van der Waals surface area contributed by atoms with Gasteiger partial charge in [-0.15, -0.1) is 0 Å². The maximum Gasteiger partial charge on any atom is 0.303 e. The second-order valence-electron chi connectivity index (χ2n) is 5.00. The fraction of sp³-hybridized carbons (Fsp3) is 0.533. The zero-order chi connectivity index (χ0) is 15.7. The zero-order valence-electron chi connectivity index (χ0n) is 12.2. The van der Waals surface area contributed by atoms with Crippen molar-refractivity contribution in [2.45, 2.75) is 50.3 Å². The third kappa shape index (κ3) is 7.24. The molecule has 1 aromatic carbocycles. The molecule has 0 aliphatic heterocycles. The van der Waals surface area contributed by atoms with E-state index in [0.717, 1.165) is 24.8 Å². The second-order valence-corrected chi connectivity index (χ2v) is 6.62. The van der Waals surface area contributed by atoms with Crippen LogP contribution in [0.4, 0.5) is 0 Å². The van der Waals surface area contributed by atoms with Crippen LogP contribution < -0.4 is 0 Å². The van der Waals surface area contributed by atoms with Gasteiger partial charge in [0, 0.05) is 6.42 Å². The number of carbonyl (C=O) groups is 1. The van der Waals surface area contributed by atoms with Crippen molar-refractivity contribution >= 4 is 16.1 Å². The molecule has 1 N–H and O–H groups in total. The van der Waals surface area contributed by atoms with Crippen molar-refractivity contribution in [1.29, 1.82) is 0 Å². The molecule has 6 heteroatoms. The maximum absolute atomic E-state index is 11.9. The normalized spacial score (nSPS) is 11.5. The van der Waals surface area contributed by atoms with E-state index in [9.17, 15) is 13.2 Å². The van der Waals surface area contributed by atoms with Crippen LogP contribution in [-0.4, -0.2) is 26.1 Å². The summed E-state index contributed by atoms with van der Waals surface area (Å²) in [5.41, 5.74) is 0.996.